The van der Waals surface area contributed by atoms with Crippen molar-refractivity contribution in [2.45, 2.75) is 26.7 Å². The zero-order valence-electron chi connectivity index (χ0n) is 15.0. The number of hydrogen-bond donors (Lipinski definition) is 1. The molecular formula is C19H21FN4O2. The first kappa shape index (κ1) is 17.8. The van der Waals surface area contributed by atoms with Gasteiger partial charge >= 0.3 is 0 Å². The van der Waals surface area contributed by atoms with Crippen LogP contribution in [-0.4, -0.2) is 20.4 Å². The SMILES string of the molecule is CCC(C)CC(=O)Nc1ccc(Oc2ncnc3ccn(C)c23)c(F)c1. The Morgan fingerprint density at radius 3 is 2.88 bits per heavy atom. The molecule has 6 nitrogen and oxygen atoms in total. The van der Waals surface area contributed by atoms with Crippen molar-refractivity contribution in [1.82, 2.24) is 14.5 Å². The number of aromatic nitrogens is 3. The molecule has 0 saturated carbocycles. The van der Waals surface area contributed by atoms with E-state index in [0.717, 1.165) is 6.42 Å². The van der Waals surface area contributed by atoms with Crippen molar-refractivity contribution in [3.8, 4) is 11.6 Å². The zero-order chi connectivity index (χ0) is 18.7. The predicted molar refractivity (Wildman–Crippen MR) is 97.7 cm³/mol. The smallest absolute Gasteiger partial charge is 0.247 e. The minimum absolute atomic E-state index is 0.0334. The lowest BCUT2D eigenvalue weighted by Gasteiger charge is -2.11. The maximum Gasteiger partial charge on any atom is 0.247 e. The van der Waals surface area contributed by atoms with Gasteiger partial charge in [-0.3, -0.25) is 4.79 Å². The van der Waals surface area contributed by atoms with E-state index >= 15 is 0 Å². The molecule has 3 aromatic rings. The number of carbonyl (C=O) groups excluding carboxylic acids is 1. The lowest BCUT2D eigenvalue weighted by molar-refractivity contribution is -0.117. The van der Waals surface area contributed by atoms with Gasteiger partial charge in [-0.15, -0.1) is 0 Å². The van der Waals surface area contributed by atoms with Crippen LogP contribution in [0.25, 0.3) is 11.0 Å². The minimum atomic E-state index is -0.577. The molecule has 0 bridgehead atoms. The van der Waals surface area contributed by atoms with E-state index in [4.69, 9.17) is 4.74 Å². The molecule has 2 aromatic heterocycles. The van der Waals surface area contributed by atoms with Crippen LogP contribution in [0.5, 0.6) is 11.6 Å². The molecule has 1 N–H and O–H groups in total. The summed E-state index contributed by atoms with van der Waals surface area (Å²) in [6, 6.07) is 6.16. The van der Waals surface area contributed by atoms with Crippen molar-refractivity contribution >= 4 is 22.6 Å². The Kier molecular flexibility index (Phi) is 5.16. The van der Waals surface area contributed by atoms with Gasteiger partial charge in [-0.25, -0.2) is 9.37 Å². The van der Waals surface area contributed by atoms with E-state index in [0.29, 0.717) is 23.1 Å². The molecule has 136 valence electrons. The van der Waals surface area contributed by atoms with Crippen molar-refractivity contribution in [2.75, 3.05) is 5.32 Å². The van der Waals surface area contributed by atoms with Gasteiger partial charge in [0.2, 0.25) is 11.8 Å². The Labute approximate surface area is 151 Å². The average molecular weight is 356 g/mol. The third-order valence-corrected chi connectivity index (χ3v) is 4.28. The fourth-order valence-corrected chi connectivity index (χ4v) is 2.60. The number of rotatable bonds is 6. The van der Waals surface area contributed by atoms with Gasteiger partial charge in [0.15, 0.2) is 11.6 Å². The van der Waals surface area contributed by atoms with Crippen molar-refractivity contribution < 1.29 is 13.9 Å². The normalized spacial score (nSPS) is 12.2. The maximum atomic E-state index is 14.4. The summed E-state index contributed by atoms with van der Waals surface area (Å²) < 4.78 is 21.9. The van der Waals surface area contributed by atoms with Gasteiger partial charge in [0.25, 0.3) is 0 Å². The van der Waals surface area contributed by atoms with Crippen LogP contribution >= 0.6 is 0 Å². The average Bonchev–Trinajstić information content (AvgIpc) is 2.99. The van der Waals surface area contributed by atoms with Crippen molar-refractivity contribution in [2.24, 2.45) is 13.0 Å². The molecule has 3 rings (SSSR count). The predicted octanol–water partition coefficient (Wildman–Crippen LogP) is 4.27. The Balaban J connectivity index is 1.77. The number of nitrogens with zero attached hydrogens (tertiary/aromatic N) is 3. The van der Waals surface area contributed by atoms with Crippen LogP contribution in [0.3, 0.4) is 0 Å². The largest absolute Gasteiger partial charge is 0.434 e. The molecule has 0 aliphatic carbocycles. The highest BCUT2D eigenvalue weighted by Gasteiger charge is 2.14. The van der Waals surface area contributed by atoms with E-state index in [1.807, 2.05) is 37.7 Å². The van der Waals surface area contributed by atoms with Crippen LogP contribution in [0, 0.1) is 11.7 Å². The number of hydrogen-bond acceptors (Lipinski definition) is 4. The molecule has 1 aromatic carbocycles. The molecule has 1 atom stereocenters. The number of carbonyl (C=O) groups is 1. The summed E-state index contributed by atoms with van der Waals surface area (Å²) in [6.07, 6.45) is 4.53. The number of nitrogens with one attached hydrogen (secondary N) is 1. The summed E-state index contributed by atoms with van der Waals surface area (Å²) in [7, 11) is 1.84. The van der Waals surface area contributed by atoms with E-state index in [1.54, 1.807) is 6.07 Å². The highest BCUT2D eigenvalue weighted by Crippen LogP contribution is 2.30. The van der Waals surface area contributed by atoms with Crippen molar-refractivity contribution in [3.63, 3.8) is 0 Å². The fourth-order valence-electron chi connectivity index (χ4n) is 2.60. The third kappa shape index (κ3) is 3.82. The molecule has 7 heteroatoms. The van der Waals surface area contributed by atoms with Crippen molar-refractivity contribution in [3.05, 3.63) is 42.6 Å². The van der Waals surface area contributed by atoms with E-state index in [1.165, 1.54) is 18.5 Å². The van der Waals surface area contributed by atoms with Crippen molar-refractivity contribution in [1.29, 1.82) is 0 Å². The maximum absolute atomic E-state index is 14.4. The van der Waals surface area contributed by atoms with Crippen LogP contribution in [0.4, 0.5) is 10.1 Å². The topological polar surface area (TPSA) is 69.0 Å². The van der Waals surface area contributed by atoms with E-state index in [9.17, 15) is 9.18 Å². The number of amides is 1. The summed E-state index contributed by atoms with van der Waals surface area (Å²) in [5.41, 5.74) is 1.79. The summed E-state index contributed by atoms with van der Waals surface area (Å²) in [4.78, 5) is 20.2. The highest BCUT2D eigenvalue weighted by atomic mass is 19.1. The second-order valence-corrected chi connectivity index (χ2v) is 6.35. The first-order chi connectivity index (χ1) is 12.5. The van der Waals surface area contributed by atoms with Gasteiger partial charge in [0.05, 0.1) is 5.52 Å². The summed E-state index contributed by atoms with van der Waals surface area (Å²) in [6.45, 7) is 4.03. The molecule has 2 heterocycles. The Morgan fingerprint density at radius 1 is 1.35 bits per heavy atom. The molecule has 26 heavy (non-hydrogen) atoms. The number of anilines is 1. The highest BCUT2D eigenvalue weighted by molar-refractivity contribution is 5.90. The molecule has 0 fully saturated rings. The van der Waals surface area contributed by atoms with Gasteiger partial charge in [0.1, 0.15) is 11.8 Å². The monoisotopic (exact) mass is 356 g/mol. The number of halogens is 1. The number of benzene rings is 1. The molecule has 0 aliphatic heterocycles. The zero-order valence-corrected chi connectivity index (χ0v) is 15.0. The number of aryl methyl sites for hydroxylation is 1. The molecule has 0 aliphatic rings. The van der Waals surface area contributed by atoms with Crippen LogP contribution in [0.2, 0.25) is 0 Å². The molecule has 1 amide bonds. The van der Waals surface area contributed by atoms with Crippen LogP contribution in [0.15, 0.2) is 36.8 Å². The van der Waals surface area contributed by atoms with Gasteiger partial charge in [0, 0.05) is 31.4 Å². The summed E-state index contributed by atoms with van der Waals surface area (Å²) in [5.74, 6) is -0.116. The van der Waals surface area contributed by atoms with Gasteiger partial charge < -0.3 is 14.6 Å². The van der Waals surface area contributed by atoms with Gasteiger partial charge in [-0.2, -0.15) is 4.98 Å². The van der Waals surface area contributed by atoms with Crippen LogP contribution in [0.1, 0.15) is 26.7 Å². The standard InChI is InChI=1S/C19H21FN4O2/c1-4-12(2)9-17(25)23-13-5-6-16(14(20)10-13)26-19-18-15(21-11-22-19)7-8-24(18)3/h5-8,10-12H,4,9H2,1-3H3,(H,23,25). The molecular weight excluding hydrogens is 335 g/mol. The Morgan fingerprint density at radius 2 is 2.15 bits per heavy atom. The molecule has 0 spiro atoms. The number of fused-ring (bicyclic) bond motifs is 1. The van der Waals surface area contributed by atoms with E-state index < -0.39 is 5.82 Å². The first-order valence-electron chi connectivity index (χ1n) is 8.51. The quantitative estimate of drug-likeness (QED) is 0.716. The Hall–Kier alpha value is -2.96. The first-order valence-corrected chi connectivity index (χ1v) is 8.51. The van der Waals surface area contributed by atoms with Gasteiger partial charge in [-0.1, -0.05) is 20.3 Å². The van der Waals surface area contributed by atoms with E-state index in [2.05, 4.69) is 15.3 Å². The lowest BCUT2D eigenvalue weighted by Crippen LogP contribution is -2.14. The second kappa shape index (κ2) is 7.51. The minimum Gasteiger partial charge on any atom is -0.434 e. The summed E-state index contributed by atoms with van der Waals surface area (Å²) in [5, 5.41) is 2.71. The van der Waals surface area contributed by atoms with Gasteiger partial charge in [-0.05, 0) is 24.1 Å². The fraction of sp³-hybridized carbons (Fsp3) is 0.316. The molecule has 0 saturated heterocycles. The third-order valence-electron chi connectivity index (χ3n) is 4.28. The van der Waals surface area contributed by atoms with E-state index in [-0.39, 0.29) is 23.5 Å². The van der Waals surface area contributed by atoms with Crippen LogP contribution < -0.4 is 10.1 Å². The number of ether oxygens (including phenoxy) is 1. The second-order valence-electron chi connectivity index (χ2n) is 6.35. The Bertz CT molecular complexity index is 938. The molecule has 0 radical (unpaired) electrons. The summed E-state index contributed by atoms with van der Waals surface area (Å²) >= 11 is 0. The van der Waals surface area contributed by atoms with Crippen LogP contribution in [-0.2, 0) is 11.8 Å². The molecule has 1 unspecified atom stereocenters. The lowest BCUT2D eigenvalue weighted by atomic mass is 10.1.